The molecule has 0 bridgehead atoms. The van der Waals surface area contributed by atoms with Gasteiger partial charge in [0.2, 0.25) is 0 Å². The standard InChI is InChI=1S/C24H37NO3/c1-8-9-10-11-12-13-14-15-16-17(2)18(3)19(4)20(5)21(6)22(7)24(27,28)23(25)26/h27-28H,2-16H2,1H3,(H2,25,26). The van der Waals surface area contributed by atoms with Gasteiger partial charge in [-0.1, -0.05) is 91.3 Å². The SMILES string of the molecule is C=C(CCCCCCCCCC)C(=C)C(=C)C(=C)C(=C)C(=C)C(O)(O)C(N)=O. The molecule has 0 saturated carbocycles. The topological polar surface area (TPSA) is 83.6 Å². The molecule has 0 aromatic rings. The molecule has 4 nitrogen and oxygen atoms in total. The van der Waals surface area contributed by atoms with Gasteiger partial charge in [-0.2, -0.15) is 0 Å². The first-order valence-electron chi connectivity index (χ1n) is 9.87. The number of amides is 1. The highest BCUT2D eigenvalue weighted by molar-refractivity contribution is 5.86. The Bertz CT molecular complexity index is 653. The van der Waals surface area contributed by atoms with Crippen LogP contribution in [-0.2, 0) is 4.79 Å². The summed E-state index contributed by atoms with van der Waals surface area (Å²) in [4.78, 5) is 11.2. The molecule has 0 unspecified atom stereocenters. The summed E-state index contributed by atoms with van der Waals surface area (Å²) >= 11 is 0. The Morgan fingerprint density at radius 3 is 1.64 bits per heavy atom. The maximum Gasteiger partial charge on any atom is 0.282 e. The van der Waals surface area contributed by atoms with Crippen molar-refractivity contribution in [2.24, 2.45) is 5.73 Å². The molecule has 0 fully saturated rings. The summed E-state index contributed by atoms with van der Waals surface area (Å²) in [5.74, 6) is -4.23. The molecule has 1 amide bonds. The van der Waals surface area contributed by atoms with Gasteiger partial charge < -0.3 is 15.9 Å². The molecular formula is C24H37NO3. The maximum absolute atomic E-state index is 11.2. The number of carbonyl (C=O) groups excluding carboxylic acids is 1. The molecule has 28 heavy (non-hydrogen) atoms. The summed E-state index contributed by atoms with van der Waals surface area (Å²) in [6.45, 7) is 25.3. The van der Waals surface area contributed by atoms with E-state index in [1.165, 1.54) is 38.5 Å². The predicted molar refractivity (Wildman–Crippen MR) is 118 cm³/mol. The van der Waals surface area contributed by atoms with Crippen molar-refractivity contribution in [2.75, 3.05) is 0 Å². The van der Waals surface area contributed by atoms with Crippen LogP contribution in [0.4, 0.5) is 0 Å². The zero-order valence-corrected chi connectivity index (χ0v) is 17.5. The summed E-state index contributed by atoms with van der Waals surface area (Å²) in [6, 6.07) is 0. The van der Waals surface area contributed by atoms with E-state index in [-0.39, 0.29) is 11.1 Å². The molecule has 0 aromatic heterocycles. The Balaban J connectivity index is 4.52. The molecule has 156 valence electrons. The van der Waals surface area contributed by atoms with Crippen LogP contribution in [0.15, 0.2) is 72.9 Å². The quantitative estimate of drug-likeness (QED) is 0.197. The number of allylic oxidation sites excluding steroid dienone is 4. The molecule has 0 spiro atoms. The fourth-order valence-corrected chi connectivity index (χ4v) is 2.74. The van der Waals surface area contributed by atoms with Gasteiger partial charge in [0.1, 0.15) is 0 Å². The summed E-state index contributed by atoms with van der Waals surface area (Å²) in [5, 5.41) is 19.5. The normalized spacial score (nSPS) is 11.0. The second-order valence-electron chi connectivity index (χ2n) is 7.26. The monoisotopic (exact) mass is 387 g/mol. The van der Waals surface area contributed by atoms with Gasteiger partial charge >= 0.3 is 0 Å². The van der Waals surface area contributed by atoms with E-state index in [0.29, 0.717) is 16.7 Å². The average molecular weight is 388 g/mol. The van der Waals surface area contributed by atoms with Gasteiger partial charge in [-0.25, -0.2) is 0 Å². The van der Waals surface area contributed by atoms with Crippen LogP contribution in [0.2, 0.25) is 0 Å². The largest absolute Gasteiger partial charge is 0.365 e. The lowest BCUT2D eigenvalue weighted by molar-refractivity contribution is -0.166. The summed E-state index contributed by atoms with van der Waals surface area (Å²) in [6.07, 6.45) is 10.6. The van der Waals surface area contributed by atoms with E-state index in [1.54, 1.807) is 0 Å². The van der Waals surface area contributed by atoms with Crippen molar-refractivity contribution >= 4 is 5.91 Å². The Hall–Kier alpha value is -2.17. The van der Waals surface area contributed by atoms with E-state index in [2.05, 4.69) is 46.4 Å². The summed E-state index contributed by atoms with van der Waals surface area (Å²) in [5.41, 5.74) is 6.97. The summed E-state index contributed by atoms with van der Waals surface area (Å²) in [7, 11) is 0. The molecule has 4 heteroatoms. The van der Waals surface area contributed by atoms with Crippen molar-refractivity contribution in [1.29, 1.82) is 0 Å². The predicted octanol–water partition coefficient (Wildman–Crippen LogP) is 5.02. The second-order valence-corrected chi connectivity index (χ2v) is 7.26. The molecule has 0 aromatic carbocycles. The first-order chi connectivity index (χ1) is 13.0. The highest BCUT2D eigenvalue weighted by atomic mass is 16.5. The number of primary amides is 1. The number of hydrogen-bond acceptors (Lipinski definition) is 3. The number of unbranched alkanes of at least 4 members (excludes halogenated alkanes) is 7. The van der Waals surface area contributed by atoms with Crippen LogP contribution in [0.3, 0.4) is 0 Å². The minimum absolute atomic E-state index is 0.0785. The van der Waals surface area contributed by atoms with E-state index >= 15 is 0 Å². The van der Waals surface area contributed by atoms with Crippen molar-refractivity contribution in [3.8, 4) is 0 Å². The van der Waals surface area contributed by atoms with Gasteiger partial charge in [-0.3, -0.25) is 4.79 Å². The molecule has 0 heterocycles. The number of aliphatic hydroxyl groups is 2. The fourth-order valence-electron chi connectivity index (χ4n) is 2.74. The van der Waals surface area contributed by atoms with E-state index in [4.69, 9.17) is 5.73 Å². The Kier molecular flexibility index (Phi) is 11.4. The molecule has 0 aliphatic heterocycles. The smallest absolute Gasteiger partial charge is 0.282 e. The van der Waals surface area contributed by atoms with Crippen molar-refractivity contribution < 1.29 is 15.0 Å². The van der Waals surface area contributed by atoms with Gasteiger partial charge in [0.15, 0.2) is 0 Å². The number of nitrogens with two attached hydrogens (primary N) is 1. The summed E-state index contributed by atoms with van der Waals surface area (Å²) < 4.78 is 0. The third kappa shape index (κ3) is 7.83. The fraction of sp³-hybridized carbons (Fsp3) is 0.458. The van der Waals surface area contributed by atoms with Crippen LogP contribution in [0, 0.1) is 0 Å². The minimum Gasteiger partial charge on any atom is -0.365 e. The van der Waals surface area contributed by atoms with Crippen molar-refractivity contribution in [3.63, 3.8) is 0 Å². The number of rotatable bonds is 16. The Labute approximate surface area is 170 Å². The highest BCUT2D eigenvalue weighted by Gasteiger charge is 2.36. The molecule has 0 radical (unpaired) electrons. The zero-order chi connectivity index (χ0) is 21.9. The Morgan fingerprint density at radius 1 is 0.750 bits per heavy atom. The maximum atomic E-state index is 11.2. The lowest BCUT2D eigenvalue weighted by atomic mass is 9.86. The van der Waals surface area contributed by atoms with E-state index < -0.39 is 11.7 Å². The van der Waals surface area contributed by atoms with Crippen LogP contribution >= 0.6 is 0 Å². The van der Waals surface area contributed by atoms with Gasteiger partial charge in [-0.15, -0.1) is 0 Å². The van der Waals surface area contributed by atoms with Crippen LogP contribution in [0.25, 0.3) is 0 Å². The number of carbonyl (C=O) groups is 1. The highest BCUT2D eigenvalue weighted by Crippen LogP contribution is 2.32. The molecule has 0 rings (SSSR count). The molecule has 0 aliphatic rings. The molecule has 0 saturated heterocycles. The van der Waals surface area contributed by atoms with Crippen LogP contribution < -0.4 is 5.73 Å². The van der Waals surface area contributed by atoms with Crippen LogP contribution in [0.5, 0.6) is 0 Å². The van der Waals surface area contributed by atoms with Gasteiger partial charge in [0.05, 0.1) is 0 Å². The lowest BCUT2D eigenvalue weighted by Gasteiger charge is -2.24. The van der Waals surface area contributed by atoms with Gasteiger partial charge in [-0.05, 0) is 40.7 Å². The van der Waals surface area contributed by atoms with Crippen LogP contribution in [0.1, 0.15) is 64.7 Å². The van der Waals surface area contributed by atoms with Gasteiger partial charge in [0.25, 0.3) is 11.7 Å². The Morgan fingerprint density at radius 2 is 1.18 bits per heavy atom. The van der Waals surface area contributed by atoms with E-state index in [9.17, 15) is 15.0 Å². The van der Waals surface area contributed by atoms with Crippen molar-refractivity contribution in [1.82, 2.24) is 0 Å². The van der Waals surface area contributed by atoms with Crippen LogP contribution in [-0.4, -0.2) is 21.9 Å². The molecule has 0 atom stereocenters. The average Bonchev–Trinajstić information content (AvgIpc) is 2.66. The van der Waals surface area contributed by atoms with E-state index in [0.717, 1.165) is 24.8 Å². The van der Waals surface area contributed by atoms with Gasteiger partial charge in [0, 0.05) is 5.57 Å². The molecular weight excluding hydrogens is 350 g/mol. The van der Waals surface area contributed by atoms with Crippen molar-refractivity contribution in [3.05, 3.63) is 72.9 Å². The third-order valence-corrected chi connectivity index (χ3v) is 4.98. The minimum atomic E-state index is -2.89. The second kappa shape index (κ2) is 12.3. The van der Waals surface area contributed by atoms with Crippen molar-refractivity contribution in [2.45, 2.75) is 70.5 Å². The molecule has 0 aliphatic carbocycles. The van der Waals surface area contributed by atoms with E-state index in [1.807, 2.05) is 0 Å². The lowest BCUT2D eigenvalue weighted by Crippen LogP contribution is -2.45. The zero-order valence-electron chi connectivity index (χ0n) is 17.5. The molecule has 4 N–H and O–H groups in total. The first-order valence-corrected chi connectivity index (χ1v) is 9.87. The third-order valence-electron chi connectivity index (χ3n) is 4.98. The first kappa shape index (κ1) is 25.8. The number of hydrogen-bond donors (Lipinski definition) is 3.